The number of rotatable bonds is 5. The molecule has 7 rings (SSSR count). The highest BCUT2D eigenvalue weighted by Crippen LogP contribution is 2.56. The first-order valence-electron chi connectivity index (χ1n) is 14.0. The molecule has 4 aliphatic rings. The fraction of sp³-hybridized carbons (Fsp3) is 0.500. The van der Waals surface area contributed by atoms with Crippen molar-refractivity contribution in [2.75, 3.05) is 26.2 Å². The molecule has 3 heterocycles. The number of hydrogen-bond acceptors (Lipinski definition) is 5. The van der Waals surface area contributed by atoms with Crippen molar-refractivity contribution in [1.82, 2.24) is 20.0 Å². The fourth-order valence-electron chi connectivity index (χ4n) is 7.69. The molecule has 4 N–H and O–H groups in total. The molecule has 3 unspecified atom stereocenters. The number of aromatic amines is 1. The van der Waals surface area contributed by atoms with E-state index in [4.69, 9.17) is 5.73 Å². The number of para-hydroxylation sites is 1. The van der Waals surface area contributed by atoms with Crippen molar-refractivity contribution in [2.24, 2.45) is 11.7 Å². The quantitative estimate of drug-likeness (QED) is 0.485. The second-order valence-electron chi connectivity index (χ2n) is 11.9. The number of carbonyl (C=O) groups excluding carboxylic acids is 2. The topological polar surface area (TPSA) is 116 Å². The van der Waals surface area contributed by atoms with Gasteiger partial charge in [-0.25, -0.2) is 0 Å². The smallest absolute Gasteiger partial charge is 0.248 e. The van der Waals surface area contributed by atoms with Crippen LogP contribution in [0, 0.1) is 5.92 Å². The summed E-state index contributed by atoms with van der Waals surface area (Å²) in [5, 5.41) is 21.1. The largest absolute Gasteiger partial charge is 0.387 e. The van der Waals surface area contributed by atoms with Gasteiger partial charge in [-0.3, -0.25) is 19.6 Å². The molecule has 1 aromatic heterocycles. The van der Waals surface area contributed by atoms with Gasteiger partial charge in [0, 0.05) is 42.0 Å². The molecule has 0 spiro atoms. The van der Waals surface area contributed by atoms with Crippen LogP contribution in [0.5, 0.6) is 0 Å². The van der Waals surface area contributed by atoms with Crippen molar-refractivity contribution < 1.29 is 14.7 Å². The maximum absolute atomic E-state index is 13.6. The molecule has 1 saturated carbocycles. The Morgan fingerprint density at radius 3 is 2.68 bits per heavy atom. The number of H-pyrrole nitrogens is 1. The molecule has 198 valence electrons. The fourth-order valence-corrected chi connectivity index (χ4v) is 7.69. The Hall–Kier alpha value is -3.23. The van der Waals surface area contributed by atoms with Gasteiger partial charge in [-0.2, -0.15) is 5.10 Å². The van der Waals surface area contributed by atoms with E-state index in [-0.39, 0.29) is 18.4 Å². The minimum atomic E-state index is -0.975. The summed E-state index contributed by atoms with van der Waals surface area (Å²) in [6.07, 6.45) is 5.53. The normalized spacial score (nSPS) is 29.0. The molecule has 0 radical (unpaired) electrons. The lowest BCUT2D eigenvalue weighted by Gasteiger charge is -2.61. The summed E-state index contributed by atoms with van der Waals surface area (Å²) in [4.78, 5) is 30.2. The number of nitrogens with one attached hydrogen (secondary N) is 1. The maximum atomic E-state index is 13.6. The van der Waals surface area contributed by atoms with Crippen molar-refractivity contribution in [3.63, 3.8) is 0 Å². The first-order valence-corrected chi connectivity index (χ1v) is 14.0. The van der Waals surface area contributed by atoms with Crippen LogP contribution >= 0.6 is 0 Å². The molecule has 8 nitrogen and oxygen atoms in total. The number of likely N-dealkylation sites (tertiary alicyclic amines) is 2. The average Bonchev–Trinajstić information content (AvgIpc) is 3.67. The predicted molar refractivity (Wildman–Crippen MR) is 144 cm³/mol. The van der Waals surface area contributed by atoms with Crippen LogP contribution in [0.15, 0.2) is 42.5 Å². The Kier molecular flexibility index (Phi) is 5.43. The van der Waals surface area contributed by atoms with Crippen LogP contribution in [-0.4, -0.2) is 74.7 Å². The van der Waals surface area contributed by atoms with Gasteiger partial charge in [0.2, 0.25) is 11.8 Å². The lowest BCUT2D eigenvalue weighted by Crippen LogP contribution is -2.71. The molecule has 8 heteroatoms. The molecule has 2 aromatic carbocycles. The van der Waals surface area contributed by atoms with Crippen molar-refractivity contribution in [2.45, 2.75) is 62.0 Å². The molecule has 3 aromatic rings. The van der Waals surface area contributed by atoms with Gasteiger partial charge < -0.3 is 15.7 Å². The highest BCUT2D eigenvalue weighted by Gasteiger charge is 2.63. The summed E-state index contributed by atoms with van der Waals surface area (Å²) >= 11 is 0. The number of fused-ring (bicyclic) bond motifs is 2. The van der Waals surface area contributed by atoms with Crippen LogP contribution in [0.25, 0.3) is 10.9 Å². The van der Waals surface area contributed by atoms with E-state index >= 15 is 0 Å². The minimum Gasteiger partial charge on any atom is -0.387 e. The number of amides is 2. The van der Waals surface area contributed by atoms with Crippen LogP contribution in [0.2, 0.25) is 0 Å². The van der Waals surface area contributed by atoms with Gasteiger partial charge >= 0.3 is 0 Å². The number of primary amides is 1. The molecular weight excluding hydrogens is 478 g/mol. The van der Waals surface area contributed by atoms with Crippen LogP contribution in [-0.2, 0) is 23.1 Å². The van der Waals surface area contributed by atoms with Crippen molar-refractivity contribution >= 4 is 22.7 Å². The molecule has 3 fully saturated rings. The maximum Gasteiger partial charge on any atom is 0.248 e. The Morgan fingerprint density at radius 2 is 1.87 bits per heavy atom. The summed E-state index contributed by atoms with van der Waals surface area (Å²) in [6, 6.07) is 13.7. The Labute approximate surface area is 222 Å². The number of aromatic nitrogens is 2. The lowest BCUT2D eigenvalue weighted by atomic mass is 9.52. The number of nitrogens with two attached hydrogens (primary N) is 1. The third-order valence-electron chi connectivity index (χ3n) is 9.95. The molecule has 2 amide bonds. The zero-order valence-corrected chi connectivity index (χ0v) is 21.7. The molecule has 2 aliphatic heterocycles. The van der Waals surface area contributed by atoms with E-state index in [0.717, 1.165) is 54.0 Å². The van der Waals surface area contributed by atoms with Crippen LogP contribution in [0.4, 0.5) is 0 Å². The van der Waals surface area contributed by atoms with Gasteiger partial charge in [0.1, 0.15) is 0 Å². The summed E-state index contributed by atoms with van der Waals surface area (Å²) in [5.41, 5.74) is 8.64. The highest BCUT2D eigenvalue weighted by atomic mass is 16.3. The van der Waals surface area contributed by atoms with Crippen molar-refractivity contribution in [3.8, 4) is 0 Å². The van der Waals surface area contributed by atoms with E-state index in [1.807, 2.05) is 47.4 Å². The predicted octanol–water partition coefficient (Wildman–Crippen LogP) is 2.54. The number of aliphatic hydroxyl groups is 1. The van der Waals surface area contributed by atoms with E-state index < -0.39 is 16.9 Å². The van der Waals surface area contributed by atoms with Gasteiger partial charge in [0.05, 0.1) is 23.2 Å². The van der Waals surface area contributed by atoms with Crippen molar-refractivity contribution in [3.05, 3.63) is 64.8 Å². The first kappa shape index (κ1) is 23.9. The third-order valence-corrected chi connectivity index (χ3v) is 9.95. The van der Waals surface area contributed by atoms with Gasteiger partial charge in [-0.05, 0) is 80.3 Å². The molecule has 38 heavy (non-hydrogen) atoms. The second kappa shape index (κ2) is 8.64. The summed E-state index contributed by atoms with van der Waals surface area (Å²) in [7, 11) is 0. The minimum absolute atomic E-state index is 0.00844. The van der Waals surface area contributed by atoms with Gasteiger partial charge in [-0.1, -0.05) is 24.3 Å². The van der Waals surface area contributed by atoms with E-state index in [9.17, 15) is 14.7 Å². The SMILES string of the molecule is NC(=O)c1ccc2c(c1)C13CCN(C(=O)Cc4n[nH]c5ccccc45)CCC1(O)C(C2)N(CC1CC1)CC3. The van der Waals surface area contributed by atoms with Crippen LogP contribution in [0.1, 0.15) is 59.3 Å². The van der Waals surface area contributed by atoms with E-state index in [1.165, 1.54) is 18.4 Å². The Morgan fingerprint density at radius 1 is 1.08 bits per heavy atom. The first-order chi connectivity index (χ1) is 18.4. The monoisotopic (exact) mass is 513 g/mol. The zero-order chi connectivity index (χ0) is 26.1. The van der Waals surface area contributed by atoms with Gasteiger partial charge in [-0.15, -0.1) is 0 Å². The number of nitrogens with zero attached hydrogens (tertiary/aromatic N) is 3. The molecular formula is C30H35N5O3. The summed E-state index contributed by atoms with van der Waals surface area (Å²) < 4.78 is 0. The zero-order valence-electron chi connectivity index (χ0n) is 21.7. The van der Waals surface area contributed by atoms with E-state index in [1.54, 1.807) is 0 Å². The summed E-state index contributed by atoms with van der Waals surface area (Å²) in [5.74, 6) is 0.325. The molecule has 3 atom stereocenters. The number of hydrogen-bond donors (Lipinski definition) is 3. The summed E-state index contributed by atoms with van der Waals surface area (Å²) in [6.45, 7) is 3.04. The van der Waals surface area contributed by atoms with E-state index in [2.05, 4.69) is 15.1 Å². The van der Waals surface area contributed by atoms with Crippen LogP contribution in [0.3, 0.4) is 0 Å². The molecule has 2 bridgehead atoms. The molecule has 2 saturated heterocycles. The molecule has 2 aliphatic carbocycles. The number of carbonyl (C=O) groups is 2. The van der Waals surface area contributed by atoms with E-state index in [0.29, 0.717) is 31.5 Å². The number of piperidine rings is 1. The average molecular weight is 514 g/mol. The van der Waals surface area contributed by atoms with Gasteiger partial charge in [0.25, 0.3) is 0 Å². The Balaban J connectivity index is 1.23. The highest BCUT2D eigenvalue weighted by molar-refractivity contribution is 5.93. The Bertz CT molecular complexity index is 1430. The number of benzene rings is 2. The lowest BCUT2D eigenvalue weighted by molar-refractivity contribution is -0.149. The standard InChI is InChI=1S/C30H35N5O3/c31-28(37)21-8-7-20-16-26-30(38)11-14-34(27(36)17-25-22-3-1-2-4-24(22)32-33-25)12-9-29(30,23(20)15-21)10-13-35(26)18-19-5-6-19/h1-4,7-8,15,19,26,38H,5-6,9-14,16-18H2,(H2,31,37)(H,32,33). The van der Waals surface area contributed by atoms with Crippen molar-refractivity contribution in [1.29, 1.82) is 0 Å². The van der Waals surface area contributed by atoms with Gasteiger partial charge in [0.15, 0.2) is 0 Å². The third kappa shape index (κ3) is 3.61. The second-order valence-corrected chi connectivity index (χ2v) is 11.9. The van der Waals surface area contributed by atoms with Crippen LogP contribution < -0.4 is 5.73 Å².